The van der Waals surface area contributed by atoms with Crippen LogP contribution in [0.3, 0.4) is 0 Å². The predicted octanol–water partition coefficient (Wildman–Crippen LogP) is 2.21. The monoisotopic (exact) mass is 215 g/mol. The molecular formula is C12H25NO2. The lowest BCUT2D eigenvalue weighted by molar-refractivity contribution is -0.147. The predicted molar refractivity (Wildman–Crippen MR) is 62.7 cm³/mol. The summed E-state index contributed by atoms with van der Waals surface area (Å²) in [4.78, 5) is 11.5. The molecule has 0 fully saturated rings. The highest BCUT2D eigenvalue weighted by Crippen LogP contribution is 2.09. The molecule has 3 heteroatoms. The van der Waals surface area contributed by atoms with Crippen molar-refractivity contribution in [1.29, 1.82) is 0 Å². The maximum absolute atomic E-state index is 11.5. The van der Waals surface area contributed by atoms with Crippen molar-refractivity contribution in [2.24, 2.45) is 11.8 Å². The van der Waals surface area contributed by atoms with Gasteiger partial charge in [0.15, 0.2) is 0 Å². The van der Waals surface area contributed by atoms with E-state index in [0.717, 1.165) is 0 Å². The van der Waals surface area contributed by atoms with Crippen LogP contribution in [-0.2, 0) is 9.53 Å². The van der Waals surface area contributed by atoms with E-state index >= 15 is 0 Å². The third-order valence-corrected chi connectivity index (χ3v) is 2.56. The molecule has 0 aliphatic carbocycles. The SMILES string of the molecule is CC(C)NC(C)C(=O)OCC(C)C(C)C. The molecule has 0 aromatic rings. The largest absolute Gasteiger partial charge is 0.464 e. The van der Waals surface area contributed by atoms with Crippen LogP contribution in [0.25, 0.3) is 0 Å². The molecule has 0 radical (unpaired) electrons. The Morgan fingerprint density at radius 3 is 2.07 bits per heavy atom. The van der Waals surface area contributed by atoms with Crippen molar-refractivity contribution < 1.29 is 9.53 Å². The first kappa shape index (κ1) is 14.4. The molecule has 15 heavy (non-hydrogen) atoms. The Morgan fingerprint density at radius 1 is 1.13 bits per heavy atom. The minimum absolute atomic E-state index is 0.156. The summed E-state index contributed by atoms with van der Waals surface area (Å²) in [6.07, 6.45) is 0. The van der Waals surface area contributed by atoms with Gasteiger partial charge in [0, 0.05) is 6.04 Å². The van der Waals surface area contributed by atoms with Gasteiger partial charge >= 0.3 is 5.97 Å². The molecule has 90 valence electrons. The van der Waals surface area contributed by atoms with Crippen LogP contribution in [0, 0.1) is 11.8 Å². The lowest BCUT2D eigenvalue weighted by atomic mass is 9.99. The van der Waals surface area contributed by atoms with Crippen LogP contribution in [0.2, 0.25) is 0 Å². The molecule has 2 unspecified atom stereocenters. The molecular weight excluding hydrogens is 190 g/mol. The van der Waals surface area contributed by atoms with Crippen LogP contribution in [0.5, 0.6) is 0 Å². The summed E-state index contributed by atoms with van der Waals surface area (Å²) in [5.41, 5.74) is 0. The molecule has 0 heterocycles. The van der Waals surface area contributed by atoms with Crippen molar-refractivity contribution in [2.45, 2.75) is 53.6 Å². The number of rotatable bonds is 6. The van der Waals surface area contributed by atoms with Crippen molar-refractivity contribution >= 4 is 5.97 Å². The molecule has 0 saturated carbocycles. The zero-order valence-electron chi connectivity index (χ0n) is 10.8. The van der Waals surface area contributed by atoms with Gasteiger partial charge in [0.25, 0.3) is 0 Å². The summed E-state index contributed by atoms with van der Waals surface area (Å²) in [6, 6.07) is 0.0828. The van der Waals surface area contributed by atoms with Crippen molar-refractivity contribution in [3.8, 4) is 0 Å². The van der Waals surface area contributed by atoms with Gasteiger partial charge in [-0.25, -0.2) is 0 Å². The van der Waals surface area contributed by atoms with Gasteiger partial charge in [0.05, 0.1) is 6.61 Å². The number of carbonyl (C=O) groups is 1. The zero-order chi connectivity index (χ0) is 12.0. The van der Waals surface area contributed by atoms with Gasteiger partial charge in [-0.05, 0) is 18.8 Å². The average molecular weight is 215 g/mol. The van der Waals surface area contributed by atoms with Crippen molar-refractivity contribution in [3.63, 3.8) is 0 Å². The van der Waals surface area contributed by atoms with E-state index in [-0.39, 0.29) is 12.0 Å². The van der Waals surface area contributed by atoms with Gasteiger partial charge in [-0.15, -0.1) is 0 Å². The Balaban J connectivity index is 3.83. The third kappa shape index (κ3) is 6.50. The number of ether oxygens (including phenoxy) is 1. The first-order valence-corrected chi connectivity index (χ1v) is 5.77. The molecule has 0 saturated heterocycles. The van der Waals surface area contributed by atoms with Crippen LogP contribution in [-0.4, -0.2) is 24.7 Å². The molecule has 2 atom stereocenters. The second-order valence-electron chi connectivity index (χ2n) is 4.89. The topological polar surface area (TPSA) is 38.3 Å². The fourth-order valence-electron chi connectivity index (χ4n) is 1.10. The molecule has 0 rings (SSSR count). The van der Waals surface area contributed by atoms with Gasteiger partial charge in [-0.1, -0.05) is 34.6 Å². The minimum atomic E-state index is -0.218. The summed E-state index contributed by atoms with van der Waals surface area (Å²) in [5, 5.41) is 3.12. The smallest absolute Gasteiger partial charge is 0.322 e. The Labute approximate surface area is 93.6 Å². The van der Waals surface area contributed by atoms with Crippen LogP contribution >= 0.6 is 0 Å². The summed E-state index contributed by atoms with van der Waals surface area (Å²) >= 11 is 0. The second kappa shape index (κ2) is 6.83. The maximum Gasteiger partial charge on any atom is 0.322 e. The van der Waals surface area contributed by atoms with Crippen LogP contribution in [0.1, 0.15) is 41.5 Å². The van der Waals surface area contributed by atoms with Gasteiger partial charge in [0.2, 0.25) is 0 Å². The van der Waals surface area contributed by atoms with E-state index in [0.29, 0.717) is 24.5 Å². The molecule has 1 N–H and O–H groups in total. The van der Waals surface area contributed by atoms with E-state index in [9.17, 15) is 4.79 Å². The highest BCUT2D eigenvalue weighted by atomic mass is 16.5. The summed E-state index contributed by atoms with van der Waals surface area (Å²) in [5.74, 6) is 0.808. The number of hydrogen-bond donors (Lipinski definition) is 1. The number of hydrogen-bond acceptors (Lipinski definition) is 3. The molecule has 0 aromatic carbocycles. The summed E-state index contributed by atoms with van der Waals surface area (Å²) < 4.78 is 5.23. The second-order valence-corrected chi connectivity index (χ2v) is 4.89. The number of carbonyl (C=O) groups excluding carboxylic acids is 1. The number of nitrogens with one attached hydrogen (secondary N) is 1. The van der Waals surface area contributed by atoms with Gasteiger partial charge in [-0.3, -0.25) is 4.79 Å². The molecule has 0 aromatic heterocycles. The molecule has 0 spiro atoms. The van der Waals surface area contributed by atoms with E-state index in [2.05, 4.69) is 26.1 Å². The van der Waals surface area contributed by atoms with Crippen LogP contribution < -0.4 is 5.32 Å². The number of esters is 1. The third-order valence-electron chi connectivity index (χ3n) is 2.56. The Morgan fingerprint density at radius 2 is 1.67 bits per heavy atom. The Bertz CT molecular complexity index is 190. The molecule has 0 aliphatic rings. The van der Waals surface area contributed by atoms with Crippen molar-refractivity contribution in [2.75, 3.05) is 6.61 Å². The Kier molecular flexibility index (Phi) is 6.57. The fraction of sp³-hybridized carbons (Fsp3) is 0.917. The lowest BCUT2D eigenvalue weighted by Crippen LogP contribution is -2.40. The van der Waals surface area contributed by atoms with E-state index in [1.807, 2.05) is 20.8 Å². The quantitative estimate of drug-likeness (QED) is 0.690. The molecule has 0 amide bonds. The summed E-state index contributed by atoms with van der Waals surface area (Å²) in [6.45, 7) is 12.7. The highest BCUT2D eigenvalue weighted by molar-refractivity contribution is 5.75. The molecule has 0 aliphatic heterocycles. The Hall–Kier alpha value is -0.570. The van der Waals surface area contributed by atoms with E-state index in [1.54, 1.807) is 0 Å². The van der Waals surface area contributed by atoms with Crippen molar-refractivity contribution in [3.05, 3.63) is 0 Å². The fourth-order valence-corrected chi connectivity index (χ4v) is 1.10. The zero-order valence-corrected chi connectivity index (χ0v) is 10.8. The lowest BCUT2D eigenvalue weighted by Gasteiger charge is -2.19. The summed E-state index contributed by atoms with van der Waals surface area (Å²) in [7, 11) is 0. The maximum atomic E-state index is 11.5. The normalized spacial score (nSPS) is 15.5. The van der Waals surface area contributed by atoms with E-state index in [1.165, 1.54) is 0 Å². The van der Waals surface area contributed by atoms with Gasteiger partial charge < -0.3 is 10.1 Å². The van der Waals surface area contributed by atoms with Crippen LogP contribution in [0.15, 0.2) is 0 Å². The van der Waals surface area contributed by atoms with Crippen LogP contribution in [0.4, 0.5) is 0 Å². The average Bonchev–Trinajstić information content (AvgIpc) is 2.12. The van der Waals surface area contributed by atoms with E-state index in [4.69, 9.17) is 4.74 Å². The van der Waals surface area contributed by atoms with E-state index < -0.39 is 0 Å². The standard InChI is InChI=1S/C12H25NO2/c1-8(2)10(5)7-15-12(14)11(6)13-9(3)4/h8-11,13H,7H2,1-6H3. The molecule has 3 nitrogen and oxygen atoms in total. The minimum Gasteiger partial charge on any atom is -0.464 e. The van der Waals surface area contributed by atoms with Gasteiger partial charge in [0.1, 0.15) is 6.04 Å². The van der Waals surface area contributed by atoms with Gasteiger partial charge in [-0.2, -0.15) is 0 Å². The highest BCUT2D eigenvalue weighted by Gasteiger charge is 2.16. The van der Waals surface area contributed by atoms with Crippen molar-refractivity contribution in [1.82, 2.24) is 5.32 Å². The first-order valence-electron chi connectivity index (χ1n) is 5.77. The first-order chi connectivity index (χ1) is 6.84. The molecule has 0 bridgehead atoms.